The number of allylic oxidation sites excluding steroid dienone is 4. The minimum absolute atomic E-state index is 0.0782. The van der Waals surface area contributed by atoms with Crippen LogP contribution in [0.1, 0.15) is 12.6 Å². The van der Waals surface area contributed by atoms with E-state index in [1.807, 2.05) is 0 Å². The Hall–Kier alpha value is -2.21. The number of halogens is 4. The fourth-order valence-corrected chi connectivity index (χ4v) is 2.70. The number of benzene rings is 1. The number of aromatic nitrogens is 2. The third-order valence-corrected chi connectivity index (χ3v) is 4.21. The average Bonchev–Trinajstić information content (AvgIpc) is 2.99. The van der Waals surface area contributed by atoms with E-state index in [1.54, 1.807) is 26.1 Å². The molecule has 3 nitrogen and oxygen atoms in total. The van der Waals surface area contributed by atoms with Crippen LogP contribution < -0.4 is 5.32 Å². The van der Waals surface area contributed by atoms with Crippen LogP contribution in [0.2, 0.25) is 5.02 Å². The van der Waals surface area contributed by atoms with E-state index < -0.39 is 23.7 Å². The molecule has 7 heteroatoms. The topological polar surface area (TPSA) is 29.9 Å². The highest BCUT2D eigenvalue weighted by molar-refractivity contribution is 6.30. The molecule has 0 radical (unpaired) electrons. The molecule has 0 amide bonds. The SMILES string of the molecule is CNc1cc(C2=C(F)C(F)C(C)C=C2)n(-c2ccc(F)c(Cl)c2)n1. The van der Waals surface area contributed by atoms with E-state index in [0.717, 1.165) is 0 Å². The second kappa shape index (κ2) is 6.36. The Morgan fingerprint density at radius 3 is 2.67 bits per heavy atom. The lowest BCUT2D eigenvalue weighted by Crippen LogP contribution is -2.16. The van der Waals surface area contributed by atoms with Crippen molar-refractivity contribution in [1.82, 2.24) is 9.78 Å². The van der Waals surface area contributed by atoms with Gasteiger partial charge in [0, 0.05) is 24.6 Å². The molecule has 1 aromatic heterocycles. The quantitative estimate of drug-likeness (QED) is 0.847. The van der Waals surface area contributed by atoms with Gasteiger partial charge in [0.2, 0.25) is 0 Å². The zero-order chi connectivity index (χ0) is 17.4. The van der Waals surface area contributed by atoms with Crippen LogP contribution in [0.15, 0.2) is 42.2 Å². The van der Waals surface area contributed by atoms with Crippen LogP contribution in [0.25, 0.3) is 11.3 Å². The summed E-state index contributed by atoms with van der Waals surface area (Å²) in [5.74, 6) is -1.48. The Morgan fingerprint density at radius 1 is 1.25 bits per heavy atom. The normalized spacial score (nSPS) is 20.6. The first kappa shape index (κ1) is 16.6. The van der Waals surface area contributed by atoms with Crippen molar-refractivity contribution < 1.29 is 13.2 Å². The summed E-state index contributed by atoms with van der Waals surface area (Å²) in [6.45, 7) is 1.60. The highest BCUT2D eigenvalue weighted by atomic mass is 35.5. The summed E-state index contributed by atoms with van der Waals surface area (Å²) >= 11 is 5.82. The molecule has 2 aromatic rings. The molecule has 2 atom stereocenters. The minimum atomic E-state index is -1.71. The lowest BCUT2D eigenvalue weighted by atomic mass is 9.94. The lowest BCUT2D eigenvalue weighted by Gasteiger charge is -2.19. The average molecular weight is 354 g/mol. The van der Waals surface area contributed by atoms with E-state index in [0.29, 0.717) is 17.2 Å². The predicted octanol–water partition coefficient (Wildman–Crippen LogP) is 4.93. The van der Waals surface area contributed by atoms with E-state index in [4.69, 9.17) is 11.6 Å². The van der Waals surface area contributed by atoms with E-state index >= 15 is 0 Å². The van der Waals surface area contributed by atoms with Crippen LogP contribution in [0.4, 0.5) is 19.0 Å². The Kier molecular flexibility index (Phi) is 4.41. The van der Waals surface area contributed by atoms with Crippen LogP contribution >= 0.6 is 11.6 Å². The molecule has 1 aliphatic rings. The number of hydrogen-bond acceptors (Lipinski definition) is 2. The van der Waals surface area contributed by atoms with Crippen LogP contribution in [-0.2, 0) is 0 Å². The van der Waals surface area contributed by atoms with Gasteiger partial charge in [-0.05, 0) is 18.2 Å². The van der Waals surface area contributed by atoms with Crippen LogP contribution in [0.5, 0.6) is 0 Å². The van der Waals surface area contributed by atoms with Gasteiger partial charge in [0.25, 0.3) is 0 Å². The van der Waals surface area contributed by atoms with Crippen molar-refractivity contribution in [3.63, 3.8) is 0 Å². The van der Waals surface area contributed by atoms with Crippen molar-refractivity contribution in [3.05, 3.63) is 58.8 Å². The Labute approximate surface area is 142 Å². The molecule has 24 heavy (non-hydrogen) atoms. The van der Waals surface area contributed by atoms with Crippen LogP contribution in [0, 0.1) is 11.7 Å². The Morgan fingerprint density at radius 2 is 2.00 bits per heavy atom. The third kappa shape index (κ3) is 2.82. The maximum absolute atomic E-state index is 14.4. The summed E-state index contributed by atoms with van der Waals surface area (Å²) in [5.41, 5.74) is 0.904. The van der Waals surface area contributed by atoms with E-state index in [-0.39, 0.29) is 10.6 Å². The van der Waals surface area contributed by atoms with Gasteiger partial charge in [-0.15, -0.1) is 5.10 Å². The zero-order valence-electron chi connectivity index (χ0n) is 13.0. The molecule has 0 saturated carbocycles. The molecule has 0 spiro atoms. The van der Waals surface area contributed by atoms with E-state index in [2.05, 4.69) is 10.4 Å². The van der Waals surface area contributed by atoms with Gasteiger partial charge in [-0.2, -0.15) is 0 Å². The summed E-state index contributed by atoms with van der Waals surface area (Å²) in [7, 11) is 1.66. The van der Waals surface area contributed by atoms with Crippen LogP contribution in [-0.4, -0.2) is 23.0 Å². The first-order valence-corrected chi connectivity index (χ1v) is 7.75. The number of anilines is 1. The van der Waals surface area contributed by atoms with Gasteiger partial charge >= 0.3 is 0 Å². The molecule has 126 valence electrons. The van der Waals surface area contributed by atoms with Gasteiger partial charge in [-0.1, -0.05) is 30.7 Å². The van der Waals surface area contributed by atoms with Crippen molar-refractivity contribution in [3.8, 4) is 5.69 Å². The van der Waals surface area contributed by atoms with Crippen molar-refractivity contribution in [2.45, 2.75) is 13.1 Å². The van der Waals surface area contributed by atoms with Crippen LogP contribution in [0.3, 0.4) is 0 Å². The third-order valence-electron chi connectivity index (χ3n) is 3.92. The van der Waals surface area contributed by atoms with E-state index in [1.165, 1.54) is 29.0 Å². The highest BCUT2D eigenvalue weighted by Gasteiger charge is 2.28. The molecule has 2 unspecified atom stereocenters. The Balaban J connectivity index is 2.17. The summed E-state index contributed by atoms with van der Waals surface area (Å²) in [4.78, 5) is 0. The second-order valence-corrected chi connectivity index (χ2v) is 5.96. The Bertz CT molecular complexity index is 842. The molecule has 1 aromatic carbocycles. The molecule has 0 saturated heterocycles. The monoisotopic (exact) mass is 353 g/mol. The van der Waals surface area contributed by atoms with Gasteiger partial charge in [-0.25, -0.2) is 17.9 Å². The molecule has 1 N–H and O–H groups in total. The summed E-state index contributed by atoms with van der Waals surface area (Å²) < 4.78 is 43.3. The standard InChI is InChI=1S/C17H15ClF3N3/c1-9-3-5-11(17(21)16(9)20)14-8-15(22-2)23-24(14)10-4-6-13(19)12(18)7-10/h3-9,16H,1-2H3,(H,22,23). The van der Waals surface area contributed by atoms with Gasteiger partial charge in [0.1, 0.15) is 17.5 Å². The lowest BCUT2D eigenvalue weighted by molar-refractivity contribution is 0.273. The van der Waals surface area contributed by atoms with Crippen molar-refractivity contribution in [2.75, 3.05) is 12.4 Å². The number of rotatable bonds is 3. The van der Waals surface area contributed by atoms with Gasteiger partial charge in [0.05, 0.1) is 16.4 Å². The highest BCUT2D eigenvalue weighted by Crippen LogP contribution is 2.35. The van der Waals surface area contributed by atoms with Crippen molar-refractivity contribution in [1.29, 1.82) is 0 Å². The number of nitrogens with one attached hydrogen (secondary N) is 1. The largest absolute Gasteiger partial charge is 0.372 e. The molecule has 0 fully saturated rings. The summed E-state index contributed by atoms with van der Waals surface area (Å²) in [6.07, 6.45) is 1.44. The fourth-order valence-electron chi connectivity index (χ4n) is 2.52. The zero-order valence-corrected chi connectivity index (χ0v) is 13.8. The molecule has 1 heterocycles. The maximum atomic E-state index is 14.4. The molecular formula is C17H15ClF3N3. The molecular weight excluding hydrogens is 339 g/mol. The molecule has 3 rings (SSSR count). The molecule has 0 bridgehead atoms. The number of nitrogens with zero attached hydrogens (tertiary/aromatic N) is 2. The number of alkyl halides is 1. The van der Waals surface area contributed by atoms with Gasteiger partial charge in [0.15, 0.2) is 6.17 Å². The maximum Gasteiger partial charge on any atom is 0.158 e. The first-order valence-electron chi connectivity index (χ1n) is 7.38. The van der Waals surface area contributed by atoms with Crippen molar-refractivity contribution >= 4 is 23.0 Å². The predicted molar refractivity (Wildman–Crippen MR) is 89.3 cm³/mol. The van der Waals surface area contributed by atoms with Gasteiger partial charge in [-0.3, -0.25) is 0 Å². The van der Waals surface area contributed by atoms with Gasteiger partial charge < -0.3 is 5.32 Å². The first-order chi connectivity index (χ1) is 11.4. The second-order valence-electron chi connectivity index (χ2n) is 5.56. The summed E-state index contributed by atoms with van der Waals surface area (Å²) in [6, 6.07) is 5.65. The molecule has 0 aliphatic heterocycles. The fraction of sp³-hybridized carbons (Fsp3) is 0.235. The molecule has 1 aliphatic carbocycles. The number of hydrogen-bond donors (Lipinski definition) is 1. The summed E-state index contributed by atoms with van der Waals surface area (Å²) in [5, 5.41) is 7.07. The smallest absolute Gasteiger partial charge is 0.158 e. The minimum Gasteiger partial charge on any atom is -0.372 e. The van der Waals surface area contributed by atoms with E-state index in [9.17, 15) is 13.2 Å². The van der Waals surface area contributed by atoms with Crippen molar-refractivity contribution in [2.24, 2.45) is 5.92 Å².